The van der Waals surface area contributed by atoms with Crippen LogP contribution in [0.2, 0.25) is 0 Å². The summed E-state index contributed by atoms with van der Waals surface area (Å²) in [5, 5.41) is 3.15. The summed E-state index contributed by atoms with van der Waals surface area (Å²) < 4.78 is 0. The second-order valence-corrected chi connectivity index (χ2v) is 3.98. The van der Waals surface area contributed by atoms with Crippen molar-refractivity contribution in [3.05, 3.63) is 12.2 Å². The Labute approximate surface area is 82.0 Å². The molecule has 0 amide bonds. The Balaban J connectivity index is 2.15. The number of nitrogens with zero attached hydrogens (tertiary/aromatic N) is 1. The maximum Gasteiger partial charge on any atom is 0.00413 e. The van der Waals surface area contributed by atoms with E-state index in [0.29, 0.717) is 0 Å². The third-order valence-electron chi connectivity index (χ3n) is 2.63. The van der Waals surface area contributed by atoms with Crippen LogP contribution in [0.5, 0.6) is 0 Å². The highest BCUT2D eigenvalue weighted by Crippen LogP contribution is 2.15. The summed E-state index contributed by atoms with van der Waals surface area (Å²) in [6.07, 6.45) is 8.61. The van der Waals surface area contributed by atoms with Gasteiger partial charge in [-0.25, -0.2) is 0 Å². The van der Waals surface area contributed by atoms with Crippen LogP contribution in [0.15, 0.2) is 12.2 Å². The minimum absolute atomic E-state index is 0.801. The molecule has 0 aromatic rings. The molecule has 0 saturated carbocycles. The molecule has 1 aliphatic rings. The van der Waals surface area contributed by atoms with E-state index < -0.39 is 0 Å². The van der Waals surface area contributed by atoms with Gasteiger partial charge in [0.05, 0.1) is 0 Å². The van der Waals surface area contributed by atoms with Crippen LogP contribution in [0.1, 0.15) is 19.3 Å². The van der Waals surface area contributed by atoms with E-state index in [1.165, 1.54) is 25.9 Å². The van der Waals surface area contributed by atoms with E-state index in [-0.39, 0.29) is 0 Å². The molecule has 0 aliphatic carbocycles. The van der Waals surface area contributed by atoms with E-state index >= 15 is 0 Å². The molecule has 1 rings (SSSR count). The molecule has 0 spiro atoms. The van der Waals surface area contributed by atoms with Gasteiger partial charge < -0.3 is 10.2 Å². The first kappa shape index (κ1) is 10.7. The summed E-state index contributed by atoms with van der Waals surface area (Å²) >= 11 is 0. The number of rotatable bonds is 4. The summed E-state index contributed by atoms with van der Waals surface area (Å²) in [5.74, 6) is 0.801. The van der Waals surface area contributed by atoms with Gasteiger partial charge in [0, 0.05) is 6.54 Å². The molecule has 0 bridgehead atoms. The number of hydrogen-bond donors (Lipinski definition) is 1. The van der Waals surface area contributed by atoms with Crippen molar-refractivity contribution in [2.24, 2.45) is 5.92 Å². The molecule has 2 nitrogen and oxygen atoms in total. The van der Waals surface area contributed by atoms with Gasteiger partial charge in [0.2, 0.25) is 0 Å². The summed E-state index contributed by atoms with van der Waals surface area (Å²) in [6.45, 7) is 3.62. The van der Waals surface area contributed by atoms with Crippen LogP contribution < -0.4 is 5.32 Å². The zero-order valence-electron chi connectivity index (χ0n) is 8.92. The van der Waals surface area contributed by atoms with Crippen LogP contribution in [0.25, 0.3) is 0 Å². The molecule has 1 atom stereocenters. The van der Waals surface area contributed by atoms with Crippen molar-refractivity contribution < 1.29 is 0 Å². The standard InChI is InChI=1S/C11H22N2/c1-12-8-4-3-6-11-7-5-9-13(2)10-11/h3,6,11-12H,4-5,7-10H2,1-2H3/b6-3-. The average Bonchev–Trinajstić information content (AvgIpc) is 2.13. The first-order chi connectivity index (χ1) is 6.33. The van der Waals surface area contributed by atoms with Gasteiger partial charge in [-0.05, 0) is 52.4 Å². The zero-order valence-corrected chi connectivity index (χ0v) is 8.92. The first-order valence-corrected chi connectivity index (χ1v) is 5.32. The lowest BCUT2D eigenvalue weighted by atomic mass is 9.98. The van der Waals surface area contributed by atoms with Crippen LogP contribution in [-0.4, -0.2) is 38.6 Å². The van der Waals surface area contributed by atoms with Gasteiger partial charge in [0.1, 0.15) is 0 Å². The average molecular weight is 182 g/mol. The lowest BCUT2D eigenvalue weighted by Crippen LogP contribution is -2.31. The Morgan fingerprint density at radius 3 is 3.08 bits per heavy atom. The van der Waals surface area contributed by atoms with Crippen molar-refractivity contribution in [2.45, 2.75) is 19.3 Å². The Hall–Kier alpha value is -0.340. The molecule has 1 saturated heterocycles. The SMILES string of the molecule is CNCC/C=C\C1CCCN(C)C1. The van der Waals surface area contributed by atoms with E-state index in [2.05, 4.69) is 29.4 Å². The highest BCUT2D eigenvalue weighted by atomic mass is 15.1. The van der Waals surface area contributed by atoms with E-state index in [4.69, 9.17) is 0 Å². The zero-order chi connectivity index (χ0) is 9.52. The predicted octanol–water partition coefficient (Wildman–Crippen LogP) is 1.49. The number of nitrogens with one attached hydrogen (secondary N) is 1. The Bertz CT molecular complexity index is 154. The third kappa shape index (κ3) is 4.44. The Kier molecular flexibility index (Phi) is 5.09. The molecule has 1 unspecified atom stereocenters. The fraction of sp³-hybridized carbons (Fsp3) is 0.818. The molecule has 0 radical (unpaired) electrons. The normalized spacial score (nSPS) is 25.5. The van der Waals surface area contributed by atoms with Crippen molar-refractivity contribution in [2.75, 3.05) is 33.7 Å². The summed E-state index contributed by atoms with van der Waals surface area (Å²) in [7, 11) is 4.22. The maximum absolute atomic E-state index is 3.15. The minimum Gasteiger partial charge on any atom is -0.319 e. The largest absolute Gasteiger partial charge is 0.319 e. The van der Waals surface area contributed by atoms with Crippen molar-refractivity contribution in [1.82, 2.24) is 10.2 Å². The van der Waals surface area contributed by atoms with Crippen LogP contribution in [0.3, 0.4) is 0 Å². The van der Waals surface area contributed by atoms with Crippen molar-refractivity contribution in [1.29, 1.82) is 0 Å². The Morgan fingerprint density at radius 1 is 1.54 bits per heavy atom. The quantitative estimate of drug-likeness (QED) is 0.523. The van der Waals surface area contributed by atoms with Gasteiger partial charge in [-0.3, -0.25) is 0 Å². The van der Waals surface area contributed by atoms with E-state index in [1.807, 2.05) is 7.05 Å². The number of hydrogen-bond acceptors (Lipinski definition) is 2. The van der Waals surface area contributed by atoms with E-state index in [9.17, 15) is 0 Å². The van der Waals surface area contributed by atoms with Crippen LogP contribution >= 0.6 is 0 Å². The van der Waals surface area contributed by atoms with Gasteiger partial charge in [-0.2, -0.15) is 0 Å². The van der Waals surface area contributed by atoms with Crippen LogP contribution in [0.4, 0.5) is 0 Å². The molecule has 1 aliphatic heterocycles. The number of likely N-dealkylation sites (tertiary alicyclic amines) is 1. The highest BCUT2D eigenvalue weighted by molar-refractivity contribution is 4.91. The number of piperidine rings is 1. The van der Waals surface area contributed by atoms with Crippen LogP contribution in [-0.2, 0) is 0 Å². The molecular weight excluding hydrogens is 160 g/mol. The van der Waals surface area contributed by atoms with E-state index in [1.54, 1.807) is 0 Å². The smallest absolute Gasteiger partial charge is 0.00413 e. The maximum atomic E-state index is 3.15. The first-order valence-electron chi connectivity index (χ1n) is 5.32. The fourth-order valence-corrected chi connectivity index (χ4v) is 1.88. The molecule has 1 fully saturated rings. The highest BCUT2D eigenvalue weighted by Gasteiger charge is 2.13. The molecular formula is C11H22N2. The van der Waals surface area contributed by atoms with Gasteiger partial charge in [0.25, 0.3) is 0 Å². The summed E-state index contributed by atoms with van der Waals surface area (Å²) in [4.78, 5) is 2.43. The van der Waals surface area contributed by atoms with Gasteiger partial charge in [-0.15, -0.1) is 0 Å². The molecule has 76 valence electrons. The second kappa shape index (κ2) is 6.17. The van der Waals surface area contributed by atoms with Crippen molar-refractivity contribution >= 4 is 0 Å². The minimum atomic E-state index is 0.801. The molecule has 0 aromatic heterocycles. The van der Waals surface area contributed by atoms with Gasteiger partial charge in [0.15, 0.2) is 0 Å². The van der Waals surface area contributed by atoms with Crippen LogP contribution in [0, 0.1) is 5.92 Å². The summed E-state index contributed by atoms with van der Waals surface area (Å²) in [6, 6.07) is 0. The monoisotopic (exact) mass is 182 g/mol. The fourth-order valence-electron chi connectivity index (χ4n) is 1.88. The molecule has 1 heterocycles. The molecule has 0 aromatic carbocycles. The second-order valence-electron chi connectivity index (χ2n) is 3.98. The molecule has 2 heteroatoms. The van der Waals surface area contributed by atoms with Gasteiger partial charge in [-0.1, -0.05) is 12.2 Å². The predicted molar refractivity (Wildman–Crippen MR) is 57.9 cm³/mol. The van der Waals surface area contributed by atoms with Crippen molar-refractivity contribution in [3.8, 4) is 0 Å². The lowest BCUT2D eigenvalue weighted by Gasteiger charge is -2.27. The summed E-state index contributed by atoms with van der Waals surface area (Å²) in [5.41, 5.74) is 0. The molecule has 13 heavy (non-hydrogen) atoms. The third-order valence-corrected chi connectivity index (χ3v) is 2.63. The topological polar surface area (TPSA) is 15.3 Å². The Morgan fingerprint density at radius 2 is 2.38 bits per heavy atom. The van der Waals surface area contributed by atoms with Crippen molar-refractivity contribution in [3.63, 3.8) is 0 Å². The van der Waals surface area contributed by atoms with E-state index in [0.717, 1.165) is 18.9 Å². The lowest BCUT2D eigenvalue weighted by molar-refractivity contribution is 0.237. The molecule has 1 N–H and O–H groups in total. The van der Waals surface area contributed by atoms with Gasteiger partial charge >= 0.3 is 0 Å².